The fourth-order valence-electron chi connectivity index (χ4n) is 3.28. The molecular formula is C26H36N2O4. The number of methoxy groups -OCH3 is 2. The van der Waals surface area contributed by atoms with Gasteiger partial charge in [0.1, 0.15) is 11.5 Å². The maximum absolute atomic E-state index is 12.7. The van der Waals surface area contributed by atoms with Crippen molar-refractivity contribution in [3.8, 4) is 16.9 Å². The van der Waals surface area contributed by atoms with Gasteiger partial charge in [0.05, 0.1) is 20.8 Å². The van der Waals surface area contributed by atoms with Crippen LogP contribution < -0.4 is 10.6 Å². The highest BCUT2D eigenvalue weighted by molar-refractivity contribution is 6.00. The number of ether oxygens (including phenoxy) is 3. The van der Waals surface area contributed by atoms with Crippen LogP contribution >= 0.6 is 0 Å². The first kappa shape index (κ1) is 26.6. The number of esters is 1. The summed E-state index contributed by atoms with van der Waals surface area (Å²) in [5.74, 6) is 7.13. The van der Waals surface area contributed by atoms with E-state index in [-0.39, 0.29) is 12.3 Å². The van der Waals surface area contributed by atoms with Gasteiger partial charge in [0.15, 0.2) is 5.69 Å². The number of benzene rings is 1. The summed E-state index contributed by atoms with van der Waals surface area (Å²) in [6.07, 6.45) is 8.12. The number of hydrogen-bond donors (Lipinski definition) is 1. The molecule has 1 aromatic carbocycles. The van der Waals surface area contributed by atoms with E-state index >= 15 is 0 Å². The Morgan fingerprint density at radius 3 is 2.41 bits per heavy atom. The minimum absolute atomic E-state index is 0.238. The average molecular weight is 441 g/mol. The predicted molar refractivity (Wildman–Crippen MR) is 132 cm³/mol. The van der Waals surface area contributed by atoms with Crippen molar-refractivity contribution in [2.45, 2.75) is 41.0 Å². The van der Waals surface area contributed by atoms with E-state index in [1.165, 1.54) is 4.68 Å². The van der Waals surface area contributed by atoms with Crippen LogP contribution in [0.1, 0.15) is 55.7 Å². The van der Waals surface area contributed by atoms with Crippen molar-refractivity contribution in [3.05, 3.63) is 71.8 Å². The van der Waals surface area contributed by atoms with Gasteiger partial charge in [-0.05, 0) is 55.2 Å². The van der Waals surface area contributed by atoms with E-state index in [0.717, 1.165) is 28.9 Å². The molecule has 0 saturated heterocycles. The molecule has 6 nitrogen and oxygen atoms in total. The van der Waals surface area contributed by atoms with Crippen LogP contribution in [-0.4, -0.2) is 31.5 Å². The quantitative estimate of drug-likeness (QED) is 0.227. The maximum atomic E-state index is 12.7. The normalized spacial score (nSPS) is 11.0. The van der Waals surface area contributed by atoms with E-state index in [1.807, 2.05) is 64.1 Å². The van der Waals surface area contributed by atoms with Crippen molar-refractivity contribution in [1.82, 2.24) is 4.68 Å². The highest BCUT2D eigenvalue weighted by atomic mass is 16.5. The lowest BCUT2D eigenvalue weighted by Gasteiger charge is -2.12. The number of carbonyl (C=O) groups excluding carboxylic acids is 1. The van der Waals surface area contributed by atoms with Crippen LogP contribution in [0.4, 0.5) is 0 Å². The average Bonchev–Trinajstić information content (AvgIpc) is 3.15. The Bertz CT molecular complexity index is 984. The molecule has 0 fully saturated rings. The molecule has 174 valence electrons. The van der Waals surface area contributed by atoms with E-state index in [1.54, 1.807) is 27.3 Å². The Labute approximate surface area is 191 Å². The minimum atomic E-state index is -0.507. The number of carbonyl (C=O) groups is 1. The second-order valence-corrected chi connectivity index (χ2v) is 6.60. The van der Waals surface area contributed by atoms with Crippen molar-refractivity contribution in [3.63, 3.8) is 0 Å². The zero-order valence-electron chi connectivity index (χ0n) is 20.3. The van der Waals surface area contributed by atoms with Gasteiger partial charge in [0, 0.05) is 17.3 Å². The Kier molecular flexibility index (Phi) is 10.9. The summed E-state index contributed by atoms with van der Waals surface area (Å²) < 4.78 is 17.4. The lowest BCUT2D eigenvalue weighted by molar-refractivity contribution is 0.0516. The van der Waals surface area contributed by atoms with Gasteiger partial charge in [-0.3, -0.25) is 4.68 Å². The highest BCUT2D eigenvalue weighted by Crippen LogP contribution is 2.37. The SMILES string of the molecule is C=C(/C=C\C(=C/CC)OC)c1c(-c2cccc(OC)c2C)cn(N)c1C(=O)OCC.CC. The summed E-state index contributed by atoms with van der Waals surface area (Å²) in [5.41, 5.74) is 4.05. The monoisotopic (exact) mass is 440 g/mol. The Morgan fingerprint density at radius 2 is 1.84 bits per heavy atom. The number of nitrogens with two attached hydrogens (primary N) is 1. The fourth-order valence-corrected chi connectivity index (χ4v) is 3.28. The summed E-state index contributed by atoms with van der Waals surface area (Å²) in [6, 6.07) is 5.74. The Hall–Kier alpha value is -3.41. The molecule has 1 aromatic heterocycles. The number of aromatic nitrogens is 1. The zero-order valence-corrected chi connectivity index (χ0v) is 20.3. The molecule has 0 amide bonds. The summed E-state index contributed by atoms with van der Waals surface area (Å²) in [7, 11) is 3.24. The topological polar surface area (TPSA) is 75.7 Å². The Morgan fingerprint density at radius 1 is 1.16 bits per heavy atom. The molecule has 0 aliphatic rings. The molecule has 0 unspecified atom stereocenters. The molecule has 0 spiro atoms. The molecule has 0 aliphatic heterocycles. The summed E-state index contributed by atoms with van der Waals surface area (Å²) in [5, 5.41) is 0. The molecule has 2 aromatic rings. The van der Waals surface area contributed by atoms with E-state index in [9.17, 15) is 4.79 Å². The van der Waals surface area contributed by atoms with Gasteiger partial charge in [-0.15, -0.1) is 0 Å². The van der Waals surface area contributed by atoms with E-state index in [4.69, 9.17) is 20.1 Å². The molecule has 6 heteroatoms. The minimum Gasteiger partial charge on any atom is -0.497 e. The van der Waals surface area contributed by atoms with Crippen molar-refractivity contribution in [1.29, 1.82) is 0 Å². The second kappa shape index (κ2) is 13.1. The first-order chi connectivity index (χ1) is 15.4. The predicted octanol–water partition coefficient (Wildman–Crippen LogP) is 5.90. The first-order valence-electron chi connectivity index (χ1n) is 10.8. The van der Waals surface area contributed by atoms with Gasteiger partial charge in [-0.25, -0.2) is 4.79 Å². The van der Waals surface area contributed by atoms with Crippen LogP contribution in [0.15, 0.2) is 55.0 Å². The molecule has 0 atom stereocenters. The summed E-state index contributed by atoms with van der Waals surface area (Å²) in [4.78, 5) is 12.7. The van der Waals surface area contributed by atoms with Crippen LogP contribution in [0, 0.1) is 6.92 Å². The van der Waals surface area contributed by atoms with Crippen LogP contribution in [0.5, 0.6) is 5.75 Å². The molecule has 0 aliphatic carbocycles. The molecule has 0 saturated carbocycles. The van der Waals surface area contributed by atoms with Crippen molar-refractivity contribution in [2.75, 3.05) is 26.7 Å². The number of nitrogens with zero attached hydrogens (tertiary/aromatic N) is 1. The van der Waals surface area contributed by atoms with Crippen molar-refractivity contribution < 1.29 is 19.0 Å². The molecule has 1 heterocycles. The van der Waals surface area contributed by atoms with E-state index in [2.05, 4.69) is 6.58 Å². The smallest absolute Gasteiger partial charge is 0.357 e. The number of allylic oxidation sites excluding steroid dienone is 4. The fraction of sp³-hybridized carbons (Fsp3) is 0.346. The van der Waals surface area contributed by atoms with Crippen LogP contribution in [-0.2, 0) is 9.47 Å². The van der Waals surface area contributed by atoms with E-state index < -0.39 is 5.97 Å². The van der Waals surface area contributed by atoms with Crippen LogP contribution in [0.3, 0.4) is 0 Å². The third-order valence-electron chi connectivity index (χ3n) is 4.71. The molecule has 2 N–H and O–H groups in total. The second-order valence-electron chi connectivity index (χ2n) is 6.60. The molecule has 2 rings (SSSR count). The van der Waals surface area contributed by atoms with Crippen molar-refractivity contribution in [2.24, 2.45) is 0 Å². The van der Waals surface area contributed by atoms with Crippen LogP contribution in [0.2, 0.25) is 0 Å². The third-order valence-corrected chi connectivity index (χ3v) is 4.71. The molecule has 0 radical (unpaired) electrons. The van der Waals surface area contributed by atoms with Crippen molar-refractivity contribution >= 4 is 11.5 Å². The standard InChI is InChI=1S/C24H30N2O4.C2H6/c1-7-10-18(28-5)14-13-16(3)22-20(15-26(25)23(22)24(27)30-8-2)19-11-9-12-21(29-6)17(19)4;1-2/h9-15H,3,7-8,25H2,1-2,4-6H3;1-2H3/b14-13-,18-10+;. The number of rotatable bonds is 9. The third kappa shape index (κ3) is 6.06. The van der Waals surface area contributed by atoms with Crippen LogP contribution in [0.25, 0.3) is 16.7 Å². The van der Waals surface area contributed by atoms with Gasteiger partial charge < -0.3 is 20.1 Å². The maximum Gasteiger partial charge on any atom is 0.357 e. The zero-order chi connectivity index (χ0) is 24.3. The first-order valence-corrected chi connectivity index (χ1v) is 10.8. The van der Waals surface area contributed by atoms with Gasteiger partial charge in [-0.2, -0.15) is 0 Å². The Balaban J connectivity index is 0.00000249. The molecule has 0 bridgehead atoms. The van der Waals surface area contributed by atoms with E-state index in [0.29, 0.717) is 16.9 Å². The van der Waals surface area contributed by atoms with Gasteiger partial charge >= 0.3 is 5.97 Å². The number of hydrogen-bond acceptors (Lipinski definition) is 5. The molecule has 32 heavy (non-hydrogen) atoms. The molecular weight excluding hydrogens is 404 g/mol. The van der Waals surface area contributed by atoms with Gasteiger partial charge in [0.2, 0.25) is 0 Å². The summed E-state index contributed by atoms with van der Waals surface area (Å²) in [6.45, 7) is 14.2. The lowest BCUT2D eigenvalue weighted by atomic mass is 9.94. The lowest BCUT2D eigenvalue weighted by Crippen LogP contribution is -2.18. The largest absolute Gasteiger partial charge is 0.497 e. The summed E-state index contributed by atoms with van der Waals surface area (Å²) >= 11 is 0. The van der Waals surface area contributed by atoms with Gasteiger partial charge in [-0.1, -0.05) is 45.6 Å². The highest BCUT2D eigenvalue weighted by Gasteiger charge is 2.25. The van der Waals surface area contributed by atoms with Gasteiger partial charge in [0.25, 0.3) is 0 Å². The number of nitrogen functional groups attached to an aromatic ring is 1.